The van der Waals surface area contributed by atoms with E-state index in [1.165, 1.54) is 22.9 Å². The first-order valence-corrected chi connectivity index (χ1v) is 8.74. The number of carbonyl (C=O) groups is 1. The minimum absolute atomic E-state index is 0.0238. The van der Waals surface area contributed by atoms with E-state index in [0.29, 0.717) is 5.69 Å². The van der Waals surface area contributed by atoms with E-state index in [4.69, 9.17) is 4.74 Å². The molecule has 1 aromatic heterocycles. The zero-order valence-corrected chi connectivity index (χ0v) is 15.5. The Labute approximate surface area is 162 Å². The van der Waals surface area contributed by atoms with Gasteiger partial charge in [-0.1, -0.05) is 44.2 Å². The number of ether oxygens (including phenoxy) is 1. The second kappa shape index (κ2) is 8.30. The van der Waals surface area contributed by atoms with Gasteiger partial charge in [-0.15, -0.1) is 0 Å². The van der Waals surface area contributed by atoms with Gasteiger partial charge in [0.1, 0.15) is 0 Å². The number of rotatable bonds is 6. The molecule has 0 N–H and O–H groups in total. The zero-order valence-electron chi connectivity index (χ0n) is 15.5. The maximum absolute atomic E-state index is 12.3. The van der Waals surface area contributed by atoms with Crippen molar-refractivity contribution in [2.45, 2.75) is 19.8 Å². The second-order valence-electron chi connectivity index (χ2n) is 6.41. The number of nitrogens with zero attached hydrogens (tertiary/aromatic N) is 3. The Morgan fingerprint density at radius 1 is 1.14 bits per heavy atom. The average molecular weight is 377 g/mol. The summed E-state index contributed by atoms with van der Waals surface area (Å²) in [6.45, 7) is 3.95. The van der Waals surface area contributed by atoms with Gasteiger partial charge in [0.15, 0.2) is 0 Å². The van der Waals surface area contributed by atoms with E-state index in [2.05, 4.69) is 5.10 Å². The molecule has 7 nitrogen and oxygen atoms in total. The third-order valence-electron chi connectivity index (χ3n) is 4.01. The van der Waals surface area contributed by atoms with Crippen LogP contribution >= 0.6 is 0 Å². The van der Waals surface area contributed by atoms with Crippen LogP contribution < -0.4 is 4.74 Å². The number of benzene rings is 2. The first kappa shape index (κ1) is 19.0. The summed E-state index contributed by atoms with van der Waals surface area (Å²) in [7, 11) is 0. The number of carbonyl (C=O) groups excluding carboxylic acids is 1. The van der Waals surface area contributed by atoms with Crippen LogP contribution in [0.5, 0.6) is 5.88 Å². The molecule has 3 aromatic rings. The molecule has 0 saturated heterocycles. The molecule has 3 rings (SSSR count). The Bertz CT molecular complexity index is 1010. The number of nitro benzene ring substituents is 1. The summed E-state index contributed by atoms with van der Waals surface area (Å²) >= 11 is 0. The highest BCUT2D eigenvalue weighted by Gasteiger charge is 2.16. The quantitative estimate of drug-likeness (QED) is 0.273. The average Bonchev–Trinajstić information content (AvgIpc) is 3.11. The molecule has 7 heteroatoms. The highest BCUT2D eigenvalue weighted by atomic mass is 16.6. The van der Waals surface area contributed by atoms with Gasteiger partial charge in [0.2, 0.25) is 5.88 Å². The summed E-state index contributed by atoms with van der Waals surface area (Å²) in [6, 6.07) is 17.0. The van der Waals surface area contributed by atoms with Crippen molar-refractivity contribution >= 4 is 17.7 Å². The maximum Gasteiger partial charge on any atom is 0.337 e. The summed E-state index contributed by atoms with van der Waals surface area (Å²) in [5.41, 5.74) is 2.16. The smallest absolute Gasteiger partial charge is 0.337 e. The molecule has 142 valence electrons. The Hall–Kier alpha value is -3.74. The molecule has 0 amide bonds. The van der Waals surface area contributed by atoms with Crippen LogP contribution in [0.3, 0.4) is 0 Å². The van der Waals surface area contributed by atoms with Crippen LogP contribution in [0.4, 0.5) is 5.69 Å². The van der Waals surface area contributed by atoms with Gasteiger partial charge in [0.05, 0.1) is 16.3 Å². The molecule has 0 saturated carbocycles. The van der Waals surface area contributed by atoms with Gasteiger partial charge in [0, 0.05) is 24.3 Å². The van der Waals surface area contributed by atoms with Gasteiger partial charge in [0.25, 0.3) is 5.69 Å². The summed E-state index contributed by atoms with van der Waals surface area (Å²) in [4.78, 5) is 22.6. The predicted octanol–water partition coefficient (Wildman–Crippen LogP) is 4.52. The second-order valence-corrected chi connectivity index (χ2v) is 6.41. The molecular formula is C21H19N3O4. The Balaban J connectivity index is 1.86. The first-order valence-electron chi connectivity index (χ1n) is 8.74. The third-order valence-corrected chi connectivity index (χ3v) is 4.01. The van der Waals surface area contributed by atoms with E-state index < -0.39 is 10.9 Å². The van der Waals surface area contributed by atoms with E-state index in [0.717, 1.165) is 11.3 Å². The van der Waals surface area contributed by atoms with Crippen LogP contribution in [0, 0.1) is 10.1 Å². The van der Waals surface area contributed by atoms with Gasteiger partial charge in [-0.2, -0.15) is 5.10 Å². The fourth-order valence-corrected chi connectivity index (χ4v) is 2.50. The van der Waals surface area contributed by atoms with Crippen molar-refractivity contribution in [3.05, 3.63) is 88.1 Å². The van der Waals surface area contributed by atoms with Crippen LogP contribution in [-0.4, -0.2) is 20.7 Å². The lowest BCUT2D eigenvalue weighted by atomic mass is 10.1. The molecule has 1 heterocycles. The van der Waals surface area contributed by atoms with Crippen LogP contribution in [0.2, 0.25) is 0 Å². The fraction of sp³-hybridized carbons (Fsp3) is 0.143. The summed E-state index contributed by atoms with van der Waals surface area (Å²) in [6.07, 6.45) is 3.01. The topological polar surface area (TPSA) is 87.3 Å². The third kappa shape index (κ3) is 4.50. The number of aromatic nitrogens is 2. The number of hydrogen-bond donors (Lipinski definition) is 0. The van der Waals surface area contributed by atoms with E-state index in [9.17, 15) is 14.9 Å². The predicted molar refractivity (Wildman–Crippen MR) is 105 cm³/mol. The van der Waals surface area contributed by atoms with Crippen molar-refractivity contribution < 1.29 is 14.5 Å². The van der Waals surface area contributed by atoms with Crippen molar-refractivity contribution in [1.29, 1.82) is 0 Å². The molecule has 0 bridgehead atoms. The normalized spacial score (nSPS) is 11.1. The van der Waals surface area contributed by atoms with Crippen molar-refractivity contribution in [2.75, 3.05) is 0 Å². The molecule has 0 aliphatic carbocycles. The standard InChI is InChI=1S/C21H19N3O4/c1-15(2)19-14-20(28-21(25)13-8-16-6-4-3-5-7-16)23(22-19)17-9-11-18(12-10-17)24(26)27/h3-15H,1-2H3/b13-8+. The summed E-state index contributed by atoms with van der Waals surface area (Å²) in [5, 5.41) is 15.3. The minimum atomic E-state index is -0.540. The monoisotopic (exact) mass is 377 g/mol. The number of esters is 1. The summed E-state index contributed by atoms with van der Waals surface area (Å²) in [5.74, 6) is -0.168. The van der Waals surface area contributed by atoms with Crippen molar-refractivity contribution in [3.8, 4) is 11.6 Å². The summed E-state index contributed by atoms with van der Waals surface area (Å²) < 4.78 is 6.94. The lowest BCUT2D eigenvalue weighted by molar-refractivity contribution is -0.384. The fourth-order valence-electron chi connectivity index (χ4n) is 2.50. The van der Waals surface area contributed by atoms with Crippen LogP contribution in [0.25, 0.3) is 11.8 Å². The largest absolute Gasteiger partial charge is 0.404 e. The van der Waals surface area contributed by atoms with Gasteiger partial charge in [-0.25, -0.2) is 9.48 Å². The molecule has 2 aromatic carbocycles. The Morgan fingerprint density at radius 2 is 1.82 bits per heavy atom. The lowest BCUT2D eigenvalue weighted by Crippen LogP contribution is -2.08. The molecule has 0 aliphatic heterocycles. The van der Waals surface area contributed by atoms with E-state index in [1.807, 2.05) is 44.2 Å². The molecule has 0 aliphatic rings. The molecule has 0 unspecified atom stereocenters. The highest BCUT2D eigenvalue weighted by Crippen LogP contribution is 2.25. The Kier molecular flexibility index (Phi) is 5.64. The van der Waals surface area contributed by atoms with Gasteiger partial charge in [-0.3, -0.25) is 10.1 Å². The number of non-ortho nitro benzene ring substituents is 1. The highest BCUT2D eigenvalue weighted by molar-refractivity contribution is 5.88. The van der Waals surface area contributed by atoms with Crippen LogP contribution in [0.1, 0.15) is 31.0 Å². The van der Waals surface area contributed by atoms with Crippen molar-refractivity contribution in [2.24, 2.45) is 0 Å². The van der Waals surface area contributed by atoms with Gasteiger partial charge in [-0.05, 0) is 29.7 Å². The molecular weight excluding hydrogens is 358 g/mol. The van der Waals surface area contributed by atoms with Crippen molar-refractivity contribution in [3.63, 3.8) is 0 Å². The maximum atomic E-state index is 12.3. The van der Waals surface area contributed by atoms with Gasteiger partial charge < -0.3 is 4.74 Å². The van der Waals surface area contributed by atoms with E-state index >= 15 is 0 Å². The van der Waals surface area contributed by atoms with E-state index in [1.54, 1.807) is 24.3 Å². The zero-order chi connectivity index (χ0) is 20.1. The minimum Gasteiger partial charge on any atom is -0.404 e. The molecule has 28 heavy (non-hydrogen) atoms. The number of nitro groups is 1. The molecule has 0 radical (unpaired) electrons. The molecule has 0 spiro atoms. The molecule has 0 fully saturated rings. The molecule has 0 atom stereocenters. The van der Waals surface area contributed by atoms with E-state index in [-0.39, 0.29) is 17.5 Å². The van der Waals surface area contributed by atoms with Crippen molar-refractivity contribution in [1.82, 2.24) is 9.78 Å². The SMILES string of the molecule is CC(C)c1cc(OC(=O)/C=C/c2ccccc2)n(-c2ccc([N+](=O)[O-])cc2)n1. The van der Waals surface area contributed by atoms with Crippen LogP contribution in [0.15, 0.2) is 66.7 Å². The number of hydrogen-bond acceptors (Lipinski definition) is 5. The van der Waals surface area contributed by atoms with Gasteiger partial charge >= 0.3 is 5.97 Å². The Morgan fingerprint density at radius 3 is 2.43 bits per heavy atom. The van der Waals surface area contributed by atoms with Crippen LogP contribution in [-0.2, 0) is 4.79 Å². The lowest BCUT2D eigenvalue weighted by Gasteiger charge is -2.06. The first-order chi connectivity index (χ1) is 13.4.